The van der Waals surface area contributed by atoms with E-state index in [-0.39, 0.29) is 16.7 Å². The zero-order valence-corrected chi connectivity index (χ0v) is 19.3. The van der Waals surface area contributed by atoms with E-state index in [0.29, 0.717) is 54.0 Å². The molecule has 0 aromatic carbocycles. The SMILES string of the molecule is C[C@H](CCC(C)(C)O)[C@H]1CC[C@H]2[C@@H]3CC[C@H]4CC(=O)CC[C@]4(C)[C@H]3C(=O)C[C@]12C. The summed E-state index contributed by atoms with van der Waals surface area (Å²) in [6.45, 7) is 10.9. The second kappa shape index (κ2) is 7.18. The standard InChI is InChI=1S/C26H42O3/c1-16(10-12-24(2,3)29)20-8-9-21-19-7-6-17-14-18(27)11-13-25(17,4)23(19)22(28)15-26(20,21)5/h16-17,19-21,23,29H,6-15H2,1-5H3/t16-,17+,19+,20-,21+,23-,25+,26-/m1/s1. The van der Waals surface area contributed by atoms with Crippen LogP contribution in [0.4, 0.5) is 0 Å². The summed E-state index contributed by atoms with van der Waals surface area (Å²) in [6.07, 6.45) is 9.74. The van der Waals surface area contributed by atoms with E-state index in [4.69, 9.17) is 0 Å². The molecule has 4 aliphatic carbocycles. The lowest BCUT2D eigenvalue weighted by molar-refractivity contribution is -0.161. The zero-order chi connectivity index (χ0) is 21.2. The summed E-state index contributed by atoms with van der Waals surface area (Å²) in [5.41, 5.74) is -0.420. The van der Waals surface area contributed by atoms with Gasteiger partial charge in [0, 0.05) is 25.2 Å². The maximum absolute atomic E-state index is 13.7. The molecule has 29 heavy (non-hydrogen) atoms. The number of Topliss-reactive ketones (excluding diaryl/α,β-unsaturated/α-hetero) is 2. The van der Waals surface area contributed by atoms with Gasteiger partial charge in [-0.1, -0.05) is 20.8 Å². The van der Waals surface area contributed by atoms with Crippen molar-refractivity contribution < 1.29 is 14.7 Å². The van der Waals surface area contributed by atoms with E-state index in [9.17, 15) is 14.7 Å². The summed E-state index contributed by atoms with van der Waals surface area (Å²) in [4.78, 5) is 25.8. The maximum atomic E-state index is 13.7. The third kappa shape index (κ3) is 3.54. The van der Waals surface area contributed by atoms with Gasteiger partial charge in [0.1, 0.15) is 11.6 Å². The molecule has 3 heteroatoms. The van der Waals surface area contributed by atoms with Crippen molar-refractivity contribution in [2.45, 2.75) is 104 Å². The molecule has 0 radical (unpaired) electrons. The van der Waals surface area contributed by atoms with Crippen molar-refractivity contribution in [1.82, 2.24) is 0 Å². The van der Waals surface area contributed by atoms with Crippen LogP contribution in [0.2, 0.25) is 0 Å². The van der Waals surface area contributed by atoms with Crippen LogP contribution in [-0.2, 0) is 9.59 Å². The van der Waals surface area contributed by atoms with Crippen LogP contribution in [0.1, 0.15) is 98.8 Å². The van der Waals surface area contributed by atoms with Gasteiger partial charge in [-0.15, -0.1) is 0 Å². The van der Waals surface area contributed by atoms with Crippen molar-refractivity contribution in [3.8, 4) is 0 Å². The first-order valence-corrected chi connectivity index (χ1v) is 12.2. The van der Waals surface area contributed by atoms with Gasteiger partial charge in [0.25, 0.3) is 0 Å². The Labute approximate surface area is 177 Å². The molecule has 3 nitrogen and oxygen atoms in total. The Morgan fingerprint density at radius 2 is 1.83 bits per heavy atom. The molecule has 0 amide bonds. The van der Waals surface area contributed by atoms with Crippen LogP contribution in [0, 0.1) is 46.3 Å². The van der Waals surface area contributed by atoms with Gasteiger partial charge in [-0.25, -0.2) is 0 Å². The smallest absolute Gasteiger partial charge is 0.137 e. The first-order valence-electron chi connectivity index (χ1n) is 12.2. The molecule has 4 saturated carbocycles. The molecular formula is C26H42O3. The number of carbonyl (C=O) groups is 2. The third-order valence-electron chi connectivity index (χ3n) is 10.1. The molecule has 0 aliphatic heterocycles. The van der Waals surface area contributed by atoms with Gasteiger partial charge in [-0.3, -0.25) is 9.59 Å². The summed E-state index contributed by atoms with van der Waals surface area (Å²) in [6, 6.07) is 0. The molecule has 0 aromatic rings. The second-order valence-corrected chi connectivity index (χ2v) is 12.4. The van der Waals surface area contributed by atoms with Gasteiger partial charge in [0.05, 0.1) is 5.60 Å². The van der Waals surface area contributed by atoms with Crippen LogP contribution in [0.25, 0.3) is 0 Å². The minimum Gasteiger partial charge on any atom is -0.390 e. The van der Waals surface area contributed by atoms with Crippen LogP contribution in [-0.4, -0.2) is 22.3 Å². The molecule has 164 valence electrons. The summed E-state index contributed by atoms with van der Waals surface area (Å²) in [5, 5.41) is 10.2. The van der Waals surface area contributed by atoms with Gasteiger partial charge >= 0.3 is 0 Å². The molecule has 0 bridgehead atoms. The number of hydrogen-bond acceptors (Lipinski definition) is 3. The fourth-order valence-corrected chi connectivity index (χ4v) is 8.61. The summed E-state index contributed by atoms with van der Waals surface area (Å²) >= 11 is 0. The predicted octanol–water partition coefficient (Wildman–Crippen LogP) is 5.58. The van der Waals surface area contributed by atoms with E-state index >= 15 is 0 Å². The first kappa shape index (κ1) is 21.5. The zero-order valence-electron chi connectivity index (χ0n) is 19.3. The first-order chi connectivity index (χ1) is 13.5. The fraction of sp³-hybridized carbons (Fsp3) is 0.923. The largest absolute Gasteiger partial charge is 0.390 e. The van der Waals surface area contributed by atoms with Crippen molar-refractivity contribution in [3.05, 3.63) is 0 Å². The average Bonchev–Trinajstić information content (AvgIpc) is 2.96. The van der Waals surface area contributed by atoms with Crippen molar-refractivity contribution in [3.63, 3.8) is 0 Å². The van der Waals surface area contributed by atoms with E-state index < -0.39 is 5.60 Å². The molecule has 4 fully saturated rings. The molecule has 8 atom stereocenters. The molecule has 0 aromatic heterocycles. The van der Waals surface area contributed by atoms with E-state index in [1.165, 1.54) is 12.8 Å². The highest BCUT2D eigenvalue weighted by Gasteiger charge is 2.63. The van der Waals surface area contributed by atoms with E-state index in [1.54, 1.807) is 0 Å². The Kier molecular flexibility index (Phi) is 5.33. The number of carbonyl (C=O) groups excluding carboxylic acids is 2. The van der Waals surface area contributed by atoms with Gasteiger partial charge in [-0.2, -0.15) is 0 Å². The van der Waals surface area contributed by atoms with Crippen LogP contribution < -0.4 is 0 Å². The van der Waals surface area contributed by atoms with Crippen molar-refractivity contribution >= 4 is 11.6 Å². The Morgan fingerprint density at radius 3 is 2.52 bits per heavy atom. The Morgan fingerprint density at radius 1 is 1.10 bits per heavy atom. The van der Waals surface area contributed by atoms with Crippen molar-refractivity contribution in [2.75, 3.05) is 0 Å². The molecule has 4 aliphatic rings. The lowest BCUT2D eigenvalue weighted by Gasteiger charge is -2.59. The van der Waals surface area contributed by atoms with Gasteiger partial charge in [0.2, 0.25) is 0 Å². The normalized spacial score (nSPS) is 46.1. The van der Waals surface area contributed by atoms with Crippen LogP contribution in [0.3, 0.4) is 0 Å². The predicted molar refractivity (Wildman–Crippen MR) is 115 cm³/mol. The van der Waals surface area contributed by atoms with Crippen molar-refractivity contribution in [1.29, 1.82) is 0 Å². The Balaban J connectivity index is 1.56. The highest BCUT2D eigenvalue weighted by molar-refractivity contribution is 5.85. The van der Waals surface area contributed by atoms with Gasteiger partial charge in [0.15, 0.2) is 0 Å². The highest BCUT2D eigenvalue weighted by Crippen LogP contribution is 2.67. The minimum atomic E-state index is -0.605. The average molecular weight is 403 g/mol. The number of aliphatic hydroxyl groups is 1. The van der Waals surface area contributed by atoms with E-state index in [2.05, 4.69) is 20.8 Å². The number of ketones is 2. The summed E-state index contributed by atoms with van der Waals surface area (Å²) in [5.74, 6) is 3.90. The molecule has 0 unspecified atom stereocenters. The minimum absolute atomic E-state index is 0.0554. The van der Waals surface area contributed by atoms with E-state index in [0.717, 1.165) is 38.5 Å². The topological polar surface area (TPSA) is 54.4 Å². The summed E-state index contributed by atoms with van der Waals surface area (Å²) < 4.78 is 0. The van der Waals surface area contributed by atoms with Crippen molar-refractivity contribution in [2.24, 2.45) is 46.3 Å². The monoisotopic (exact) mass is 402 g/mol. The van der Waals surface area contributed by atoms with E-state index in [1.807, 2.05) is 13.8 Å². The molecule has 0 saturated heterocycles. The van der Waals surface area contributed by atoms with Crippen LogP contribution in [0.15, 0.2) is 0 Å². The lowest BCUT2D eigenvalue weighted by atomic mass is 9.44. The molecule has 1 N–H and O–H groups in total. The van der Waals surface area contributed by atoms with Gasteiger partial charge in [-0.05, 0) is 99.2 Å². The molecule has 0 spiro atoms. The number of fused-ring (bicyclic) bond motifs is 5. The lowest BCUT2D eigenvalue weighted by Crippen LogP contribution is -2.57. The number of rotatable bonds is 4. The van der Waals surface area contributed by atoms with Crippen LogP contribution >= 0.6 is 0 Å². The quantitative estimate of drug-likeness (QED) is 0.668. The molecule has 4 rings (SSSR count). The maximum Gasteiger partial charge on any atom is 0.137 e. The molecular weight excluding hydrogens is 360 g/mol. The molecule has 0 heterocycles. The highest BCUT2D eigenvalue weighted by atomic mass is 16.3. The number of hydrogen-bond donors (Lipinski definition) is 1. The van der Waals surface area contributed by atoms with Gasteiger partial charge < -0.3 is 5.11 Å². The second-order valence-electron chi connectivity index (χ2n) is 12.4. The third-order valence-corrected chi connectivity index (χ3v) is 10.1. The Bertz CT molecular complexity index is 676. The van der Waals surface area contributed by atoms with Crippen LogP contribution in [0.5, 0.6) is 0 Å². The summed E-state index contributed by atoms with van der Waals surface area (Å²) in [7, 11) is 0. The fourth-order valence-electron chi connectivity index (χ4n) is 8.61. The Hall–Kier alpha value is -0.700.